The number of ether oxygens (including phenoxy) is 5. The van der Waals surface area contributed by atoms with Crippen molar-refractivity contribution in [2.75, 3.05) is 0 Å². The van der Waals surface area contributed by atoms with Crippen LogP contribution in [0.25, 0.3) is 0 Å². The minimum Gasteiger partial charge on any atom is -0.550 e. The summed E-state index contributed by atoms with van der Waals surface area (Å²) < 4.78 is 33.4. The van der Waals surface area contributed by atoms with E-state index >= 15 is 0 Å². The third-order valence-corrected chi connectivity index (χ3v) is 14.4. The van der Waals surface area contributed by atoms with Crippen LogP contribution < -0.4 is 34.7 Å². The molecule has 5 N–H and O–H groups in total. The van der Waals surface area contributed by atoms with Crippen LogP contribution in [0.3, 0.4) is 0 Å². The third kappa shape index (κ3) is 9.31. The number of carbonyl (C=O) groups excluding carboxylic acids is 2. The normalized spacial score (nSPS) is 44.5. The summed E-state index contributed by atoms with van der Waals surface area (Å²) in [6.07, 6.45) is 5.22. The Labute approximate surface area is 351 Å². The van der Waals surface area contributed by atoms with Gasteiger partial charge in [0.25, 0.3) is 0 Å². The first-order valence-corrected chi connectivity index (χ1v) is 20.7. The van der Waals surface area contributed by atoms with Crippen LogP contribution in [0.2, 0.25) is 0 Å². The van der Waals surface area contributed by atoms with Gasteiger partial charge in [-0.1, -0.05) is 55.4 Å². The van der Waals surface area contributed by atoms with Gasteiger partial charge in [-0.25, -0.2) is 0 Å². The van der Waals surface area contributed by atoms with Crippen molar-refractivity contribution < 1.29 is 88.7 Å². The quantitative estimate of drug-likeness (QED) is 0.189. The van der Waals surface area contributed by atoms with Crippen molar-refractivity contribution in [1.29, 1.82) is 0 Å². The van der Waals surface area contributed by atoms with Crippen LogP contribution in [0.15, 0.2) is 12.2 Å². The molecule has 312 valence electrons. The van der Waals surface area contributed by atoms with E-state index < -0.39 is 82.9 Å². The van der Waals surface area contributed by atoms with Crippen molar-refractivity contribution in [1.82, 2.24) is 0 Å². The van der Waals surface area contributed by atoms with E-state index in [-0.39, 0.29) is 70.8 Å². The molecule has 0 amide bonds. The number of carboxylic acid groups (broad SMARTS) is 1. The van der Waals surface area contributed by atoms with Crippen LogP contribution in [0.5, 0.6) is 0 Å². The second-order valence-corrected chi connectivity index (χ2v) is 17.9. The molecule has 0 saturated carbocycles. The molecular formula is C42H71NaO12. The van der Waals surface area contributed by atoms with Gasteiger partial charge in [0.05, 0.1) is 47.8 Å². The maximum absolute atomic E-state index is 14.4. The molecule has 2 spiro atoms. The topological polar surface area (TPSA) is 196 Å². The Hall–Kier alpha value is -0.480. The molecule has 0 aromatic heterocycles. The third-order valence-electron chi connectivity index (χ3n) is 14.4. The predicted molar refractivity (Wildman–Crippen MR) is 200 cm³/mol. The molecule has 12 nitrogen and oxygen atoms in total. The maximum atomic E-state index is 14.4. The van der Waals surface area contributed by atoms with Crippen molar-refractivity contribution in [2.45, 2.75) is 199 Å². The summed E-state index contributed by atoms with van der Waals surface area (Å²) in [6, 6.07) is 0. The van der Waals surface area contributed by atoms with Crippen molar-refractivity contribution in [2.24, 2.45) is 41.4 Å². The van der Waals surface area contributed by atoms with Crippen LogP contribution in [-0.4, -0.2) is 98.1 Å². The van der Waals surface area contributed by atoms with E-state index in [1.807, 2.05) is 41.5 Å². The number of hydrogen-bond donors (Lipinski definition) is 3. The fourth-order valence-corrected chi connectivity index (χ4v) is 10.5. The van der Waals surface area contributed by atoms with Gasteiger partial charge in [0.15, 0.2) is 5.79 Å². The Morgan fingerprint density at radius 1 is 0.909 bits per heavy atom. The fraction of sp³-hybridized carbons (Fsp3) is 0.905. The van der Waals surface area contributed by atoms with Crippen molar-refractivity contribution in [3.63, 3.8) is 0 Å². The molecule has 5 aliphatic heterocycles. The standard InChI is InChI=1S/C42H70O11.Na.H2O/c1-11-29(38(46)47)31-15-14-23(4)36(50-31)27(8)34(44)26(7)35(45)30(12-2)37-24(5)22-25(6)41(51-37)19-16-32(43)42(53-41)21-20-39(10,52-42)33-17-18-40(48,13-3)28(9)49-33;;/h16,19,23-34,36-37,43-44,48H,11-15,17-18,20-22H2,1-10H3,(H,46,47);;1H2/q;+1;/p-1/t23?,24?,25?,26?,27?,28?,29?,30?,31?,32?,33?,34?,36?,37?,39-,40+,41-,42-;;/m0../s1. The number of carbonyl (C=O) groups is 2. The molecule has 5 rings (SSSR count). The van der Waals surface area contributed by atoms with Crippen LogP contribution in [0.4, 0.5) is 0 Å². The molecule has 0 bridgehead atoms. The fourth-order valence-electron chi connectivity index (χ4n) is 10.5. The number of carboxylic acids is 1. The van der Waals surface area contributed by atoms with Gasteiger partial charge in [-0.2, -0.15) is 0 Å². The minimum absolute atomic E-state index is 0. The van der Waals surface area contributed by atoms with Crippen LogP contribution in [-0.2, 0) is 33.3 Å². The molecule has 5 heterocycles. The summed E-state index contributed by atoms with van der Waals surface area (Å²) >= 11 is 0. The largest absolute Gasteiger partial charge is 1.00 e. The number of aliphatic hydroxyl groups excluding tert-OH is 2. The molecule has 4 saturated heterocycles. The van der Waals surface area contributed by atoms with Gasteiger partial charge in [0.1, 0.15) is 11.9 Å². The minimum atomic E-state index is -1.37. The number of aliphatic carboxylic acids is 1. The average Bonchev–Trinajstić information content (AvgIpc) is 3.47. The Balaban J connectivity index is 0.00000406. The Morgan fingerprint density at radius 3 is 2.15 bits per heavy atom. The predicted octanol–water partition coefficient (Wildman–Crippen LogP) is 1.03. The van der Waals surface area contributed by atoms with E-state index in [4.69, 9.17) is 23.7 Å². The van der Waals surface area contributed by atoms with E-state index in [1.54, 1.807) is 19.1 Å². The van der Waals surface area contributed by atoms with Gasteiger partial charge in [0, 0.05) is 42.0 Å². The van der Waals surface area contributed by atoms with Gasteiger partial charge in [0.2, 0.25) is 5.79 Å². The summed E-state index contributed by atoms with van der Waals surface area (Å²) in [5.41, 5.74) is -1.64. The van der Waals surface area contributed by atoms with Gasteiger partial charge >= 0.3 is 29.6 Å². The molecule has 5 aliphatic rings. The SMILES string of the molecule is CCC(C(=O)[O-])C1CCC(C)C(C(C)C(O)C(C)C(=O)C(CC)C2O[C@]3(C=CC(O)[C@]4(CC[C@@](C)(C5CC[C@](O)(CC)C(C)O5)O4)O3)C(C)CC2C)O1.O.[Na+]. The number of Topliss-reactive ketones (excluding diaryl/α,β-unsaturated/α-hetero) is 1. The zero-order valence-corrected chi connectivity index (χ0v) is 37.4. The first kappa shape index (κ1) is 48.9. The molecular weight excluding hydrogens is 719 g/mol. The molecule has 18 atom stereocenters. The summed E-state index contributed by atoms with van der Waals surface area (Å²) in [4.78, 5) is 26.2. The van der Waals surface area contributed by atoms with E-state index in [1.165, 1.54) is 0 Å². The molecule has 55 heavy (non-hydrogen) atoms. The second kappa shape index (κ2) is 18.8. The number of ketones is 1. The molecule has 0 aliphatic carbocycles. The Morgan fingerprint density at radius 2 is 1.56 bits per heavy atom. The number of rotatable bonds is 12. The Bertz CT molecular complexity index is 1330. The van der Waals surface area contributed by atoms with Gasteiger partial charge in [-0.05, 0) is 95.6 Å². The molecule has 0 aromatic rings. The second-order valence-electron chi connectivity index (χ2n) is 17.9. The van der Waals surface area contributed by atoms with Crippen LogP contribution in [0, 0.1) is 41.4 Å². The molecule has 0 radical (unpaired) electrons. The van der Waals surface area contributed by atoms with E-state index in [0.29, 0.717) is 57.8 Å². The number of aliphatic hydroxyl groups is 3. The molecule has 0 aromatic carbocycles. The van der Waals surface area contributed by atoms with Crippen molar-refractivity contribution in [3.05, 3.63) is 12.2 Å². The smallest absolute Gasteiger partial charge is 0.550 e. The van der Waals surface area contributed by atoms with Crippen LogP contribution >= 0.6 is 0 Å². The van der Waals surface area contributed by atoms with E-state index in [2.05, 4.69) is 20.8 Å². The first-order valence-electron chi connectivity index (χ1n) is 20.7. The zero-order valence-electron chi connectivity index (χ0n) is 35.4. The van der Waals surface area contributed by atoms with Gasteiger partial charge in [-0.15, -0.1) is 0 Å². The average molecular weight is 791 g/mol. The zero-order chi connectivity index (χ0) is 39.3. The van der Waals surface area contributed by atoms with Crippen molar-refractivity contribution in [3.8, 4) is 0 Å². The van der Waals surface area contributed by atoms with E-state index in [0.717, 1.165) is 6.42 Å². The van der Waals surface area contributed by atoms with Crippen LogP contribution in [0.1, 0.15) is 133 Å². The maximum Gasteiger partial charge on any atom is 1.00 e. The molecule has 4 fully saturated rings. The first-order chi connectivity index (χ1) is 24.8. The molecule has 14 unspecified atom stereocenters. The summed E-state index contributed by atoms with van der Waals surface area (Å²) in [5.74, 6) is -6.24. The summed E-state index contributed by atoms with van der Waals surface area (Å²) in [6.45, 7) is 19.5. The Kier molecular flexibility index (Phi) is 16.7. The van der Waals surface area contributed by atoms with Gasteiger partial charge in [-0.3, -0.25) is 4.79 Å². The monoisotopic (exact) mass is 790 g/mol. The summed E-state index contributed by atoms with van der Waals surface area (Å²) in [7, 11) is 0. The molecule has 13 heteroatoms. The summed E-state index contributed by atoms with van der Waals surface area (Å²) in [5, 5.41) is 46.0. The number of hydrogen-bond acceptors (Lipinski definition) is 11. The van der Waals surface area contributed by atoms with Gasteiger partial charge < -0.3 is 54.4 Å². The van der Waals surface area contributed by atoms with Crippen molar-refractivity contribution >= 4 is 11.8 Å². The van der Waals surface area contributed by atoms with E-state index in [9.17, 15) is 30.0 Å².